The van der Waals surface area contributed by atoms with E-state index < -0.39 is 0 Å². The number of aromatic nitrogens is 3. The van der Waals surface area contributed by atoms with E-state index in [1.54, 1.807) is 12.4 Å². The molecule has 4 rings (SSSR count). The first-order valence-electron chi connectivity index (χ1n) is 9.01. The summed E-state index contributed by atoms with van der Waals surface area (Å²) in [5, 5.41) is 8.90. The molecule has 6 nitrogen and oxygen atoms in total. The Bertz CT molecular complexity index is 925. The highest BCUT2D eigenvalue weighted by molar-refractivity contribution is 5.59. The number of nitrogens with zero attached hydrogens (tertiary/aromatic N) is 6. The highest BCUT2D eigenvalue weighted by Gasteiger charge is 2.19. The van der Waals surface area contributed by atoms with Gasteiger partial charge in [-0.2, -0.15) is 5.26 Å². The molecular formula is C21H20N6. The van der Waals surface area contributed by atoms with Gasteiger partial charge in [0.1, 0.15) is 0 Å². The zero-order valence-electron chi connectivity index (χ0n) is 15.0. The molecule has 0 atom stereocenters. The Morgan fingerprint density at radius 1 is 0.889 bits per heavy atom. The summed E-state index contributed by atoms with van der Waals surface area (Å²) in [7, 11) is 0. The highest BCUT2D eigenvalue weighted by Crippen LogP contribution is 2.19. The van der Waals surface area contributed by atoms with Gasteiger partial charge in [-0.3, -0.25) is 9.88 Å². The molecule has 0 N–H and O–H groups in total. The maximum atomic E-state index is 8.90. The van der Waals surface area contributed by atoms with E-state index in [0.717, 1.165) is 49.9 Å². The number of anilines is 1. The van der Waals surface area contributed by atoms with Crippen LogP contribution in [0.3, 0.4) is 0 Å². The first kappa shape index (κ1) is 17.1. The minimum absolute atomic E-state index is 0.704. The number of pyridine rings is 1. The first-order chi connectivity index (χ1) is 13.3. The van der Waals surface area contributed by atoms with Crippen molar-refractivity contribution in [2.24, 2.45) is 0 Å². The van der Waals surface area contributed by atoms with Crippen LogP contribution in [0.5, 0.6) is 0 Å². The van der Waals surface area contributed by atoms with Crippen LogP contribution in [-0.2, 0) is 6.54 Å². The summed E-state index contributed by atoms with van der Waals surface area (Å²) >= 11 is 0. The van der Waals surface area contributed by atoms with Gasteiger partial charge in [-0.25, -0.2) is 9.97 Å². The molecule has 3 aromatic rings. The van der Waals surface area contributed by atoms with Crippen molar-refractivity contribution >= 4 is 5.95 Å². The Morgan fingerprint density at radius 3 is 2.33 bits per heavy atom. The number of hydrogen-bond donors (Lipinski definition) is 0. The van der Waals surface area contributed by atoms with Gasteiger partial charge in [-0.05, 0) is 35.9 Å². The fourth-order valence-corrected chi connectivity index (χ4v) is 3.23. The fourth-order valence-electron chi connectivity index (χ4n) is 3.23. The van der Waals surface area contributed by atoms with Gasteiger partial charge in [0.2, 0.25) is 5.95 Å². The summed E-state index contributed by atoms with van der Waals surface area (Å²) in [6.45, 7) is 4.62. The first-order valence-corrected chi connectivity index (χ1v) is 9.01. The van der Waals surface area contributed by atoms with Gasteiger partial charge in [-0.1, -0.05) is 12.1 Å². The molecule has 0 unspecified atom stereocenters. The van der Waals surface area contributed by atoms with Gasteiger partial charge >= 0.3 is 0 Å². The molecule has 0 bridgehead atoms. The van der Waals surface area contributed by atoms with Crippen LogP contribution >= 0.6 is 0 Å². The summed E-state index contributed by atoms with van der Waals surface area (Å²) in [6.07, 6.45) is 5.37. The van der Waals surface area contributed by atoms with Gasteiger partial charge in [0.25, 0.3) is 0 Å². The zero-order valence-corrected chi connectivity index (χ0v) is 15.0. The summed E-state index contributed by atoms with van der Waals surface area (Å²) in [5.74, 6) is 0.780. The fraction of sp³-hybridized carbons (Fsp3) is 0.238. The largest absolute Gasteiger partial charge is 0.338 e. The van der Waals surface area contributed by atoms with E-state index in [2.05, 4.69) is 25.8 Å². The number of piperazine rings is 1. The maximum Gasteiger partial charge on any atom is 0.225 e. The zero-order chi connectivity index (χ0) is 18.5. The molecule has 0 spiro atoms. The van der Waals surface area contributed by atoms with Crippen molar-refractivity contribution in [2.45, 2.75) is 6.54 Å². The molecule has 0 saturated carbocycles. The predicted molar refractivity (Wildman–Crippen MR) is 104 cm³/mol. The SMILES string of the molecule is N#Cc1ccc(CN2CCN(c3nccc(-c4ccncc4)n3)CC2)cc1. The van der Waals surface area contributed by atoms with E-state index in [-0.39, 0.29) is 0 Å². The van der Waals surface area contributed by atoms with E-state index in [4.69, 9.17) is 10.2 Å². The molecule has 0 radical (unpaired) electrons. The third kappa shape index (κ3) is 4.10. The molecule has 6 heteroatoms. The molecule has 1 saturated heterocycles. The molecule has 2 aromatic heterocycles. The second-order valence-corrected chi connectivity index (χ2v) is 6.55. The van der Waals surface area contributed by atoms with Crippen LogP contribution in [-0.4, -0.2) is 46.0 Å². The summed E-state index contributed by atoms with van der Waals surface area (Å²) in [6, 6.07) is 15.8. The summed E-state index contributed by atoms with van der Waals surface area (Å²) in [4.78, 5) is 17.9. The number of nitriles is 1. The predicted octanol–water partition coefficient (Wildman–Crippen LogP) is 2.73. The lowest BCUT2D eigenvalue weighted by molar-refractivity contribution is 0.248. The average molecular weight is 356 g/mol. The monoisotopic (exact) mass is 356 g/mol. The number of hydrogen-bond acceptors (Lipinski definition) is 6. The van der Waals surface area contributed by atoms with E-state index in [1.807, 2.05) is 48.7 Å². The molecule has 1 aromatic carbocycles. The lowest BCUT2D eigenvalue weighted by Gasteiger charge is -2.34. The Balaban J connectivity index is 1.38. The van der Waals surface area contributed by atoms with Crippen molar-refractivity contribution in [1.82, 2.24) is 19.9 Å². The van der Waals surface area contributed by atoms with Crippen LogP contribution < -0.4 is 4.90 Å². The second kappa shape index (κ2) is 7.94. The standard InChI is InChI=1S/C21H20N6/c22-15-17-1-3-18(4-2-17)16-26-11-13-27(14-12-26)21-24-10-7-20(25-21)19-5-8-23-9-6-19/h1-10H,11-14,16H2. The van der Waals surface area contributed by atoms with Crippen LogP contribution in [0.15, 0.2) is 61.1 Å². The summed E-state index contributed by atoms with van der Waals surface area (Å²) < 4.78 is 0. The highest BCUT2D eigenvalue weighted by atomic mass is 15.3. The van der Waals surface area contributed by atoms with Crippen molar-refractivity contribution in [2.75, 3.05) is 31.1 Å². The Morgan fingerprint density at radius 2 is 1.63 bits per heavy atom. The van der Waals surface area contributed by atoms with E-state index in [9.17, 15) is 0 Å². The quantitative estimate of drug-likeness (QED) is 0.716. The van der Waals surface area contributed by atoms with Gasteiger partial charge in [-0.15, -0.1) is 0 Å². The number of benzene rings is 1. The molecule has 1 fully saturated rings. The van der Waals surface area contributed by atoms with Gasteiger partial charge in [0, 0.05) is 56.9 Å². The minimum atomic E-state index is 0.704. The lowest BCUT2D eigenvalue weighted by atomic mass is 10.1. The molecule has 1 aliphatic rings. The van der Waals surface area contributed by atoms with Gasteiger partial charge in [0.05, 0.1) is 17.3 Å². The van der Waals surface area contributed by atoms with Crippen LogP contribution in [0.4, 0.5) is 5.95 Å². The Labute approximate surface area is 158 Å². The van der Waals surface area contributed by atoms with Crippen molar-refractivity contribution in [3.05, 3.63) is 72.2 Å². The molecule has 27 heavy (non-hydrogen) atoms. The van der Waals surface area contributed by atoms with Crippen LogP contribution in [0.1, 0.15) is 11.1 Å². The van der Waals surface area contributed by atoms with E-state index in [0.29, 0.717) is 5.56 Å². The van der Waals surface area contributed by atoms with Gasteiger partial charge < -0.3 is 4.90 Å². The van der Waals surface area contributed by atoms with Crippen LogP contribution in [0.2, 0.25) is 0 Å². The lowest BCUT2D eigenvalue weighted by Crippen LogP contribution is -2.46. The van der Waals surface area contributed by atoms with Crippen molar-refractivity contribution < 1.29 is 0 Å². The molecule has 134 valence electrons. The smallest absolute Gasteiger partial charge is 0.225 e. The summed E-state index contributed by atoms with van der Waals surface area (Å²) in [5.41, 5.74) is 3.91. The van der Waals surface area contributed by atoms with Crippen molar-refractivity contribution in [3.8, 4) is 17.3 Å². The van der Waals surface area contributed by atoms with Crippen molar-refractivity contribution in [1.29, 1.82) is 5.26 Å². The van der Waals surface area contributed by atoms with E-state index >= 15 is 0 Å². The third-order valence-electron chi connectivity index (χ3n) is 4.76. The molecular weight excluding hydrogens is 336 g/mol. The van der Waals surface area contributed by atoms with Crippen LogP contribution in [0, 0.1) is 11.3 Å². The molecule has 3 heterocycles. The molecule has 0 aliphatic carbocycles. The minimum Gasteiger partial charge on any atom is -0.338 e. The molecule has 1 aliphatic heterocycles. The van der Waals surface area contributed by atoms with Gasteiger partial charge in [0.15, 0.2) is 0 Å². The van der Waals surface area contributed by atoms with Crippen LogP contribution in [0.25, 0.3) is 11.3 Å². The second-order valence-electron chi connectivity index (χ2n) is 6.55. The van der Waals surface area contributed by atoms with Crippen molar-refractivity contribution in [3.63, 3.8) is 0 Å². The topological polar surface area (TPSA) is 68.9 Å². The Kier molecular flexibility index (Phi) is 5.04. The Hall–Kier alpha value is -3.30. The molecule has 0 amide bonds. The third-order valence-corrected chi connectivity index (χ3v) is 4.76. The maximum absolute atomic E-state index is 8.90. The average Bonchev–Trinajstić information content (AvgIpc) is 2.75. The van der Waals surface area contributed by atoms with E-state index in [1.165, 1.54) is 5.56 Å². The normalized spacial score (nSPS) is 14.7. The number of rotatable bonds is 4.